The van der Waals surface area contributed by atoms with Gasteiger partial charge in [-0.05, 0) is 36.4 Å². The minimum absolute atomic E-state index is 0.112. The standard InChI is InChI=1S/C26H6Cl6N4S2/c1-35-26(36-2)21-8-15(23-18(31)5-13(28)6-19(23)32)25(38-21)24-14(7-20(37-24)11(9-33)10-34)22-16(29)3-12(27)4-17(22)30/h3-8H/b25-24+. The minimum Gasteiger partial charge on any atom is -0.192 e. The summed E-state index contributed by atoms with van der Waals surface area (Å²) >= 11 is 40.9. The molecule has 0 atom stereocenters. The first-order valence-electron chi connectivity index (χ1n) is 10.0. The quantitative estimate of drug-likeness (QED) is 0.203. The van der Waals surface area contributed by atoms with Gasteiger partial charge in [0.05, 0.1) is 33.7 Å². The van der Waals surface area contributed by atoms with E-state index in [2.05, 4.69) is 9.69 Å². The molecule has 0 aliphatic rings. The Kier molecular flexibility index (Phi) is 8.62. The summed E-state index contributed by atoms with van der Waals surface area (Å²) in [5, 5.41) is 20.8. The summed E-state index contributed by atoms with van der Waals surface area (Å²) in [5.41, 5.74) is 1.79. The molecule has 12 heteroatoms. The van der Waals surface area contributed by atoms with Gasteiger partial charge in [-0.15, -0.1) is 22.7 Å². The van der Waals surface area contributed by atoms with E-state index < -0.39 is 0 Å². The summed E-state index contributed by atoms with van der Waals surface area (Å²) in [6, 6.07) is 13.2. The molecular weight excluding hydrogens is 645 g/mol. The summed E-state index contributed by atoms with van der Waals surface area (Å²) in [6.45, 7) is 14.9. The SMILES string of the molecule is [C-]#[N+]C([N+]#[C-])=c1cc(-c2c(Cl)cc(Cl)cc2Cl)/c(=c2\sc(=C(C#N)C#N)cc2-c2c(Cl)cc(Cl)cc2Cl)s1. The summed E-state index contributed by atoms with van der Waals surface area (Å²) < 4.78 is 1.88. The maximum absolute atomic E-state index is 9.55. The van der Waals surface area contributed by atoms with E-state index in [1.807, 2.05) is 12.1 Å². The second-order valence-electron chi connectivity index (χ2n) is 7.34. The minimum atomic E-state index is -0.147. The molecule has 0 fully saturated rings. The van der Waals surface area contributed by atoms with Crippen LogP contribution in [0.15, 0.2) is 36.4 Å². The Bertz CT molecular complexity index is 1820. The van der Waals surface area contributed by atoms with Crippen LogP contribution in [0.5, 0.6) is 0 Å². The molecule has 2 aromatic heterocycles. The number of benzene rings is 2. The molecule has 0 aliphatic heterocycles. The van der Waals surface area contributed by atoms with Crippen molar-refractivity contribution in [2.75, 3.05) is 0 Å². The van der Waals surface area contributed by atoms with Gasteiger partial charge in [-0.3, -0.25) is 0 Å². The topological polar surface area (TPSA) is 56.3 Å². The number of thiophene rings is 2. The van der Waals surface area contributed by atoms with Crippen LogP contribution < -0.4 is 9.06 Å². The molecule has 0 bridgehead atoms. The van der Waals surface area contributed by atoms with E-state index >= 15 is 0 Å². The van der Waals surface area contributed by atoms with Crippen LogP contribution in [0.3, 0.4) is 0 Å². The number of nitriles is 2. The molecule has 0 unspecified atom stereocenters. The molecule has 4 nitrogen and oxygen atoms in total. The van der Waals surface area contributed by atoms with Gasteiger partial charge in [0.1, 0.15) is 35.4 Å². The highest BCUT2D eigenvalue weighted by atomic mass is 35.5. The van der Waals surface area contributed by atoms with Crippen LogP contribution in [0.1, 0.15) is 0 Å². The predicted octanol–water partition coefficient (Wildman–Crippen LogP) is 9.45. The molecule has 0 spiro atoms. The number of hydrogen-bond donors (Lipinski definition) is 0. The Morgan fingerprint density at radius 1 is 0.632 bits per heavy atom. The fraction of sp³-hybridized carbons (Fsp3) is 0. The Hall–Kier alpha value is -2.72. The molecule has 0 saturated carbocycles. The Morgan fingerprint density at radius 3 is 1.37 bits per heavy atom. The van der Waals surface area contributed by atoms with E-state index in [9.17, 15) is 10.5 Å². The molecule has 0 saturated heterocycles. The molecule has 2 heterocycles. The van der Waals surface area contributed by atoms with Crippen molar-refractivity contribution in [1.29, 1.82) is 10.5 Å². The largest absolute Gasteiger partial charge is 0.536 e. The lowest BCUT2D eigenvalue weighted by atomic mass is 10.0. The summed E-state index contributed by atoms with van der Waals surface area (Å²) in [5.74, 6) is -0.147. The maximum Gasteiger partial charge on any atom is 0.536 e. The van der Waals surface area contributed by atoms with E-state index in [0.717, 1.165) is 22.7 Å². The molecule has 4 rings (SSSR count). The predicted molar refractivity (Wildman–Crippen MR) is 158 cm³/mol. The molecule has 38 heavy (non-hydrogen) atoms. The van der Waals surface area contributed by atoms with Crippen molar-refractivity contribution >= 4 is 104 Å². The van der Waals surface area contributed by atoms with Crippen molar-refractivity contribution in [2.45, 2.75) is 0 Å². The molecule has 0 amide bonds. The van der Waals surface area contributed by atoms with Crippen molar-refractivity contribution < 1.29 is 0 Å². The Balaban J connectivity index is 2.40. The van der Waals surface area contributed by atoms with Crippen LogP contribution >= 0.6 is 92.3 Å². The third-order valence-corrected chi connectivity index (χ3v) is 9.20. The molecular formula is C26H6Cl6N4S2. The molecule has 2 aromatic carbocycles. The Labute approximate surface area is 254 Å². The van der Waals surface area contributed by atoms with Gasteiger partial charge in [0.25, 0.3) is 0 Å². The van der Waals surface area contributed by atoms with Crippen LogP contribution in [0.2, 0.25) is 30.1 Å². The van der Waals surface area contributed by atoms with Gasteiger partial charge in [-0.25, -0.2) is 0 Å². The van der Waals surface area contributed by atoms with Crippen LogP contribution in [-0.2, 0) is 0 Å². The summed E-state index contributed by atoms with van der Waals surface area (Å²) in [6.07, 6.45) is 0. The van der Waals surface area contributed by atoms with Crippen LogP contribution in [0.25, 0.3) is 43.3 Å². The molecule has 4 aromatic rings. The average Bonchev–Trinajstić information content (AvgIpc) is 3.45. The van der Waals surface area contributed by atoms with Crippen LogP contribution in [-0.4, -0.2) is 0 Å². The summed E-state index contributed by atoms with van der Waals surface area (Å²) in [4.78, 5) is 6.70. The van der Waals surface area contributed by atoms with Gasteiger partial charge in [0.15, 0.2) is 0 Å². The number of nitrogens with zero attached hydrogens (tertiary/aromatic N) is 4. The van der Waals surface area contributed by atoms with Crippen molar-refractivity contribution in [2.24, 2.45) is 0 Å². The van der Waals surface area contributed by atoms with E-state index in [1.165, 1.54) is 24.3 Å². The van der Waals surface area contributed by atoms with Gasteiger partial charge in [0.2, 0.25) is 0 Å². The zero-order chi connectivity index (χ0) is 27.7. The van der Waals surface area contributed by atoms with Crippen LogP contribution in [0, 0.1) is 44.9 Å². The van der Waals surface area contributed by atoms with Gasteiger partial charge in [0, 0.05) is 32.3 Å². The third kappa shape index (κ3) is 5.25. The molecule has 184 valence electrons. The van der Waals surface area contributed by atoms with Crippen LogP contribution in [0.4, 0.5) is 0 Å². The lowest BCUT2D eigenvalue weighted by Gasteiger charge is -2.08. The Morgan fingerprint density at radius 2 is 1.00 bits per heavy atom. The zero-order valence-electron chi connectivity index (χ0n) is 18.3. The first-order valence-corrected chi connectivity index (χ1v) is 13.9. The van der Waals surface area contributed by atoms with E-state index in [4.69, 9.17) is 82.7 Å². The van der Waals surface area contributed by atoms with Gasteiger partial charge >= 0.3 is 5.82 Å². The van der Waals surface area contributed by atoms with Gasteiger partial charge in [-0.2, -0.15) is 20.2 Å². The second kappa shape index (κ2) is 11.6. The van der Waals surface area contributed by atoms with Crippen molar-refractivity contribution in [3.05, 3.63) is 107 Å². The van der Waals surface area contributed by atoms with E-state index in [0.29, 0.717) is 50.4 Å². The first kappa shape index (κ1) is 28.3. The highest BCUT2D eigenvalue weighted by Crippen LogP contribution is 2.42. The third-order valence-electron chi connectivity index (χ3n) is 5.13. The lowest BCUT2D eigenvalue weighted by Crippen LogP contribution is -1.95. The molecule has 0 radical (unpaired) electrons. The zero-order valence-corrected chi connectivity index (χ0v) is 24.5. The van der Waals surface area contributed by atoms with E-state index in [1.54, 1.807) is 12.1 Å². The normalized spacial score (nSPS) is 11.2. The van der Waals surface area contributed by atoms with Gasteiger partial charge < -0.3 is 0 Å². The lowest BCUT2D eigenvalue weighted by molar-refractivity contribution is 1.51. The fourth-order valence-electron chi connectivity index (χ4n) is 3.59. The van der Waals surface area contributed by atoms with Gasteiger partial charge in [-0.1, -0.05) is 69.6 Å². The van der Waals surface area contributed by atoms with Crippen molar-refractivity contribution in [3.8, 4) is 34.4 Å². The first-order chi connectivity index (χ1) is 18.1. The highest BCUT2D eigenvalue weighted by molar-refractivity contribution is 7.12. The smallest absolute Gasteiger partial charge is 0.192 e. The van der Waals surface area contributed by atoms with Crippen molar-refractivity contribution in [3.63, 3.8) is 0 Å². The number of rotatable bonds is 2. The second-order valence-corrected chi connectivity index (χ2v) is 11.9. The number of halogens is 6. The summed E-state index contributed by atoms with van der Waals surface area (Å²) in [7, 11) is 0. The monoisotopic (exact) mass is 648 g/mol. The molecule has 0 N–H and O–H groups in total. The highest BCUT2D eigenvalue weighted by Gasteiger charge is 2.20. The number of hydrogen-bond acceptors (Lipinski definition) is 4. The van der Waals surface area contributed by atoms with Crippen molar-refractivity contribution in [1.82, 2.24) is 0 Å². The maximum atomic E-state index is 9.55. The fourth-order valence-corrected chi connectivity index (χ4v) is 8.00. The molecule has 0 aliphatic carbocycles. The van der Waals surface area contributed by atoms with E-state index in [-0.39, 0.29) is 31.5 Å². The average molecular weight is 651 g/mol.